The molecule has 56 heavy (non-hydrogen) atoms. The second kappa shape index (κ2) is 34.3. The Morgan fingerprint density at radius 1 is 0.589 bits per heavy atom. The number of rotatable bonds is 33. The molecule has 0 radical (unpaired) electrons. The summed E-state index contributed by atoms with van der Waals surface area (Å²) in [6.07, 6.45) is 42.7. The first kappa shape index (κ1) is 49.4. The number of unbranched alkanes of at least 4 members (excludes halogenated alkanes) is 16. The SMILES string of the molecule is CCCCC/C=C\C/C=C\CCCCCCCC(=O)O[C@@H]1[C@@H](OC(=O)CCCCCCC/C=C\C/C=C\CCCCC)CO[C@@H]1COC(=O)C1CCN(C)CC1. The van der Waals surface area contributed by atoms with Crippen LogP contribution in [0.2, 0.25) is 0 Å². The molecule has 2 rings (SSSR count). The molecule has 2 heterocycles. The number of esters is 3. The predicted octanol–water partition coefficient (Wildman–Crippen LogP) is 11.7. The fraction of sp³-hybridized carbons (Fsp3) is 0.771. The number of piperidine rings is 1. The second-order valence-corrected chi connectivity index (χ2v) is 16.0. The van der Waals surface area contributed by atoms with E-state index in [1.807, 2.05) is 0 Å². The van der Waals surface area contributed by atoms with Gasteiger partial charge >= 0.3 is 17.9 Å². The van der Waals surface area contributed by atoms with Crippen LogP contribution in [0, 0.1) is 5.92 Å². The average molecular weight is 784 g/mol. The highest BCUT2D eigenvalue weighted by Gasteiger charge is 2.43. The quantitative estimate of drug-likeness (QED) is 0.0281. The van der Waals surface area contributed by atoms with Gasteiger partial charge in [-0.1, -0.05) is 127 Å². The molecule has 0 spiro atoms. The van der Waals surface area contributed by atoms with Crippen LogP contribution in [0.1, 0.15) is 181 Å². The Labute approximate surface area is 342 Å². The highest BCUT2D eigenvalue weighted by Crippen LogP contribution is 2.25. The molecular weight excluding hydrogens is 703 g/mol. The number of nitrogens with zero attached hydrogens (tertiary/aromatic N) is 1. The van der Waals surface area contributed by atoms with Crippen LogP contribution in [0.25, 0.3) is 0 Å². The van der Waals surface area contributed by atoms with E-state index in [4.69, 9.17) is 18.9 Å². The van der Waals surface area contributed by atoms with Gasteiger partial charge in [-0.25, -0.2) is 0 Å². The van der Waals surface area contributed by atoms with E-state index in [0.717, 1.165) is 116 Å². The number of hydrogen-bond acceptors (Lipinski definition) is 8. The zero-order valence-corrected chi connectivity index (χ0v) is 35.9. The molecular formula is C48H81NO7. The van der Waals surface area contributed by atoms with Crippen molar-refractivity contribution in [3.05, 3.63) is 48.6 Å². The zero-order valence-electron chi connectivity index (χ0n) is 35.9. The maximum Gasteiger partial charge on any atom is 0.309 e. The zero-order chi connectivity index (χ0) is 40.3. The largest absolute Gasteiger partial charge is 0.463 e. The van der Waals surface area contributed by atoms with E-state index < -0.39 is 18.3 Å². The van der Waals surface area contributed by atoms with Crippen LogP contribution in [0.4, 0.5) is 0 Å². The van der Waals surface area contributed by atoms with Gasteiger partial charge in [0.2, 0.25) is 0 Å². The summed E-state index contributed by atoms with van der Waals surface area (Å²) < 4.78 is 23.4. The number of allylic oxidation sites excluding steroid dienone is 8. The molecule has 8 nitrogen and oxygen atoms in total. The summed E-state index contributed by atoms with van der Waals surface area (Å²) in [5.41, 5.74) is 0. The van der Waals surface area contributed by atoms with Gasteiger partial charge in [0, 0.05) is 12.8 Å². The van der Waals surface area contributed by atoms with E-state index in [1.165, 1.54) is 51.4 Å². The van der Waals surface area contributed by atoms with Crippen molar-refractivity contribution in [2.75, 3.05) is 33.4 Å². The molecule has 8 heteroatoms. The molecule has 2 saturated heterocycles. The molecule has 0 saturated carbocycles. The van der Waals surface area contributed by atoms with Crippen LogP contribution >= 0.6 is 0 Å². The Balaban J connectivity index is 1.68. The number of carbonyl (C=O) groups excluding carboxylic acids is 3. The first-order chi connectivity index (χ1) is 27.4. The van der Waals surface area contributed by atoms with Gasteiger partial charge in [-0.05, 0) is 110 Å². The third-order valence-corrected chi connectivity index (χ3v) is 10.9. The number of likely N-dealkylation sites (tertiary alicyclic amines) is 1. The summed E-state index contributed by atoms with van der Waals surface area (Å²) >= 11 is 0. The van der Waals surface area contributed by atoms with Gasteiger partial charge in [0.1, 0.15) is 12.7 Å². The maximum absolute atomic E-state index is 13.0. The average Bonchev–Trinajstić information content (AvgIpc) is 3.56. The summed E-state index contributed by atoms with van der Waals surface area (Å²) in [4.78, 5) is 40.9. The van der Waals surface area contributed by atoms with Gasteiger partial charge in [0.25, 0.3) is 0 Å². The Morgan fingerprint density at radius 2 is 1.04 bits per heavy atom. The lowest BCUT2D eigenvalue weighted by Gasteiger charge is -2.28. The standard InChI is InChI=1S/C48H81NO7/c1-4-6-8-10-12-14-16-18-20-22-24-26-28-30-32-34-45(50)55-44-41-53-43(40-54-48(52)42-36-38-49(3)39-37-42)47(44)56-46(51)35-33-31-29-27-25-23-21-19-17-15-13-11-9-7-5-2/h12-15,18-21,42-44,47H,4-11,16-17,22-41H2,1-3H3/b14-12-,15-13-,20-18-,21-19-/t43-,44+,47+/m1/s1. The molecule has 2 fully saturated rings. The smallest absolute Gasteiger partial charge is 0.309 e. The van der Waals surface area contributed by atoms with E-state index in [0.29, 0.717) is 12.8 Å². The maximum atomic E-state index is 13.0. The molecule has 0 amide bonds. The Hall–Kier alpha value is -2.71. The summed E-state index contributed by atoms with van der Waals surface area (Å²) in [7, 11) is 2.06. The first-order valence-electron chi connectivity index (χ1n) is 22.9. The van der Waals surface area contributed by atoms with Crippen LogP contribution in [-0.4, -0.2) is 74.5 Å². The first-order valence-corrected chi connectivity index (χ1v) is 22.9. The van der Waals surface area contributed by atoms with Crippen molar-refractivity contribution in [3.8, 4) is 0 Å². The minimum atomic E-state index is -0.792. The molecule has 0 aromatic rings. The minimum absolute atomic E-state index is 0.0220. The van der Waals surface area contributed by atoms with Gasteiger partial charge in [0.05, 0.1) is 12.5 Å². The number of ether oxygens (including phenoxy) is 4. The Morgan fingerprint density at radius 3 is 1.54 bits per heavy atom. The summed E-state index contributed by atoms with van der Waals surface area (Å²) in [5.74, 6) is -1.00. The summed E-state index contributed by atoms with van der Waals surface area (Å²) in [6.45, 7) is 6.29. The van der Waals surface area contributed by atoms with Crippen molar-refractivity contribution in [2.24, 2.45) is 5.92 Å². The third kappa shape index (κ3) is 25.5. The van der Waals surface area contributed by atoms with E-state index in [2.05, 4.69) is 74.4 Å². The van der Waals surface area contributed by atoms with E-state index in [1.54, 1.807) is 0 Å². The van der Waals surface area contributed by atoms with Crippen molar-refractivity contribution in [1.82, 2.24) is 4.90 Å². The van der Waals surface area contributed by atoms with E-state index in [-0.39, 0.29) is 37.0 Å². The highest BCUT2D eigenvalue weighted by atomic mass is 16.6. The highest BCUT2D eigenvalue weighted by molar-refractivity contribution is 5.73. The van der Waals surface area contributed by atoms with Crippen LogP contribution in [0.3, 0.4) is 0 Å². The predicted molar refractivity (Wildman–Crippen MR) is 229 cm³/mol. The Bertz CT molecular complexity index is 1120. The molecule has 2 aliphatic heterocycles. The van der Waals surface area contributed by atoms with Crippen molar-refractivity contribution < 1.29 is 33.3 Å². The monoisotopic (exact) mass is 784 g/mol. The molecule has 0 N–H and O–H groups in total. The van der Waals surface area contributed by atoms with Gasteiger partial charge in [-0.3, -0.25) is 14.4 Å². The molecule has 2 aliphatic rings. The second-order valence-electron chi connectivity index (χ2n) is 16.0. The normalized spacial score (nSPS) is 19.6. The van der Waals surface area contributed by atoms with Crippen LogP contribution in [0.5, 0.6) is 0 Å². The fourth-order valence-electron chi connectivity index (χ4n) is 7.17. The lowest BCUT2D eigenvalue weighted by Crippen LogP contribution is -2.41. The molecule has 0 bridgehead atoms. The number of hydrogen-bond donors (Lipinski definition) is 0. The van der Waals surface area contributed by atoms with Crippen molar-refractivity contribution in [3.63, 3.8) is 0 Å². The van der Waals surface area contributed by atoms with Gasteiger partial charge in [-0.2, -0.15) is 0 Å². The summed E-state index contributed by atoms with van der Waals surface area (Å²) in [6, 6.07) is 0. The molecule has 0 aromatic heterocycles. The van der Waals surface area contributed by atoms with Crippen LogP contribution < -0.4 is 0 Å². The third-order valence-electron chi connectivity index (χ3n) is 10.9. The van der Waals surface area contributed by atoms with Gasteiger partial charge in [-0.15, -0.1) is 0 Å². The van der Waals surface area contributed by atoms with Crippen molar-refractivity contribution in [1.29, 1.82) is 0 Å². The van der Waals surface area contributed by atoms with Crippen LogP contribution in [-0.2, 0) is 33.3 Å². The van der Waals surface area contributed by atoms with Crippen LogP contribution in [0.15, 0.2) is 48.6 Å². The molecule has 320 valence electrons. The molecule has 0 unspecified atom stereocenters. The Kier molecular flexibility index (Phi) is 30.3. The lowest BCUT2D eigenvalue weighted by molar-refractivity contribution is -0.169. The lowest BCUT2D eigenvalue weighted by atomic mass is 9.97. The molecule has 0 aromatic carbocycles. The minimum Gasteiger partial charge on any atom is -0.463 e. The van der Waals surface area contributed by atoms with Gasteiger partial charge < -0.3 is 23.8 Å². The molecule has 0 aliphatic carbocycles. The van der Waals surface area contributed by atoms with Crippen molar-refractivity contribution in [2.45, 2.75) is 199 Å². The fourth-order valence-corrected chi connectivity index (χ4v) is 7.17. The van der Waals surface area contributed by atoms with Crippen molar-refractivity contribution >= 4 is 17.9 Å². The number of carbonyl (C=O) groups is 3. The van der Waals surface area contributed by atoms with E-state index >= 15 is 0 Å². The van der Waals surface area contributed by atoms with E-state index in [9.17, 15) is 14.4 Å². The topological polar surface area (TPSA) is 91.4 Å². The van der Waals surface area contributed by atoms with Gasteiger partial charge in [0.15, 0.2) is 12.2 Å². The summed E-state index contributed by atoms with van der Waals surface area (Å²) in [5, 5.41) is 0. The molecule has 3 atom stereocenters.